The van der Waals surface area contributed by atoms with E-state index in [-0.39, 0.29) is 6.61 Å². The fraction of sp³-hybridized carbons (Fsp3) is 0.500. The number of carboxylic acid groups (broad SMARTS) is 1. The molecule has 1 aromatic rings. The third kappa shape index (κ3) is 5.37. The van der Waals surface area contributed by atoms with E-state index >= 15 is 0 Å². The maximum Gasteiger partial charge on any atom is 0.408 e. The van der Waals surface area contributed by atoms with Crippen molar-refractivity contribution in [2.75, 3.05) is 19.6 Å². The lowest BCUT2D eigenvalue weighted by molar-refractivity contribution is -0.140. The number of rotatable bonds is 6. The van der Waals surface area contributed by atoms with Gasteiger partial charge in [0.2, 0.25) is 0 Å². The number of benzene rings is 1. The van der Waals surface area contributed by atoms with E-state index in [0.717, 1.165) is 31.5 Å². The molecule has 1 unspecified atom stereocenters. The van der Waals surface area contributed by atoms with Crippen molar-refractivity contribution < 1.29 is 19.4 Å². The Labute approximate surface area is 130 Å². The first-order valence-corrected chi connectivity index (χ1v) is 7.57. The molecule has 120 valence electrons. The minimum absolute atomic E-state index is 0.128. The highest BCUT2D eigenvalue weighted by Gasteiger charge is 2.24. The highest BCUT2D eigenvalue weighted by atomic mass is 16.5. The van der Waals surface area contributed by atoms with Crippen molar-refractivity contribution in [2.45, 2.75) is 31.9 Å². The second-order valence-electron chi connectivity index (χ2n) is 5.46. The maximum absolute atomic E-state index is 11.8. The first-order chi connectivity index (χ1) is 10.6. The van der Waals surface area contributed by atoms with Crippen LogP contribution in [0.3, 0.4) is 0 Å². The molecular weight excluding hydrogens is 284 g/mol. The Morgan fingerprint density at radius 1 is 1.18 bits per heavy atom. The van der Waals surface area contributed by atoms with Gasteiger partial charge in [0, 0.05) is 6.54 Å². The fourth-order valence-electron chi connectivity index (χ4n) is 2.49. The molecule has 0 radical (unpaired) electrons. The molecule has 0 saturated carbocycles. The first-order valence-electron chi connectivity index (χ1n) is 7.57. The molecule has 0 bridgehead atoms. The van der Waals surface area contributed by atoms with Crippen molar-refractivity contribution in [3.63, 3.8) is 0 Å². The summed E-state index contributed by atoms with van der Waals surface area (Å²) in [5.74, 6) is -1.04. The number of nitrogens with one attached hydrogen (secondary N) is 1. The quantitative estimate of drug-likeness (QED) is 0.838. The average molecular weight is 306 g/mol. The number of hydrogen-bond donors (Lipinski definition) is 2. The Kier molecular flexibility index (Phi) is 6.21. The van der Waals surface area contributed by atoms with Crippen molar-refractivity contribution in [2.24, 2.45) is 0 Å². The van der Waals surface area contributed by atoms with Crippen LogP contribution in [0.25, 0.3) is 0 Å². The van der Waals surface area contributed by atoms with Crippen molar-refractivity contribution in [3.8, 4) is 0 Å². The van der Waals surface area contributed by atoms with E-state index in [1.807, 2.05) is 30.3 Å². The van der Waals surface area contributed by atoms with Gasteiger partial charge in [-0.2, -0.15) is 0 Å². The third-order valence-corrected chi connectivity index (χ3v) is 3.69. The van der Waals surface area contributed by atoms with Gasteiger partial charge in [-0.3, -0.25) is 0 Å². The van der Waals surface area contributed by atoms with Crippen LogP contribution in [0.1, 0.15) is 24.8 Å². The van der Waals surface area contributed by atoms with Crippen LogP contribution in [0, 0.1) is 0 Å². The lowest BCUT2D eigenvalue weighted by Gasteiger charge is -2.29. The van der Waals surface area contributed by atoms with E-state index in [0.29, 0.717) is 6.54 Å². The Morgan fingerprint density at radius 2 is 1.86 bits per heavy atom. The van der Waals surface area contributed by atoms with Crippen LogP contribution in [0.15, 0.2) is 30.3 Å². The molecule has 1 saturated heterocycles. The molecule has 6 heteroatoms. The minimum Gasteiger partial charge on any atom is -0.480 e. The van der Waals surface area contributed by atoms with Crippen molar-refractivity contribution in [1.82, 2.24) is 10.2 Å². The second kappa shape index (κ2) is 8.38. The average Bonchev–Trinajstić information content (AvgIpc) is 2.54. The highest BCUT2D eigenvalue weighted by Crippen LogP contribution is 2.09. The normalized spacial score (nSPS) is 16.7. The van der Waals surface area contributed by atoms with Crippen LogP contribution >= 0.6 is 0 Å². The molecule has 1 aromatic carbocycles. The summed E-state index contributed by atoms with van der Waals surface area (Å²) < 4.78 is 5.07. The Morgan fingerprint density at radius 3 is 2.50 bits per heavy atom. The third-order valence-electron chi connectivity index (χ3n) is 3.69. The summed E-state index contributed by atoms with van der Waals surface area (Å²) in [6.45, 7) is 2.20. The van der Waals surface area contributed by atoms with Gasteiger partial charge in [0.1, 0.15) is 12.6 Å². The number of ether oxygens (including phenoxy) is 1. The summed E-state index contributed by atoms with van der Waals surface area (Å²) in [4.78, 5) is 25.1. The summed E-state index contributed by atoms with van der Waals surface area (Å²) >= 11 is 0. The second-order valence-corrected chi connectivity index (χ2v) is 5.46. The number of carbonyl (C=O) groups is 2. The molecule has 2 rings (SSSR count). The predicted octanol–water partition coefficient (Wildman–Crippen LogP) is 1.85. The van der Waals surface area contributed by atoms with Crippen LogP contribution in [0.5, 0.6) is 0 Å². The lowest BCUT2D eigenvalue weighted by atomic mass is 10.1. The number of hydrogen-bond acceptors (Lipinski definition) is 4. The standard InChI is InChI=1S/C16H22N2O4/c19-15(20)14(11-18-9-5-2-6-10-18)17-16(21)22-12-13-7-3-1-4-8-13/h1,3-4,7-8,14H,2,5-6,9-12H2,(H,17,21)(H,19,20). The van der Waals surface area contributed by atoms with Crippen molar-refractivity contribution in [3.05, 3.63) is 35.9 Å². The zero-order chi connectivity index (χ0) is 15.8. The van der Waals surface area contributed by atoms with Gasteiger partial charge in [-0.25, -0.2) is 9.59 Å². The number of carboxylic acids is 1. The van der Waals surface area contributed by atoms with Crippen LogP contribution in [-0.4, -0.2) is 47.7 Å². The molecule has 22 heavy (non-hydrogen) atoms. The van der Waals surface area contributed by atoms with Crippen LogP contribution in [0.2, 0.25) is 0 Å². The van der Waals surface area contributed by atoms with Gasteiger partial charge in [-0.1, -0.05) is 36.8 Å². The van der Waals surface area contributed by atoms with Gasteiger partial charge in [-0.05, 0) is 31.5 Å². The van der Waals surface area contributed by atoms with Crippen molar-refractivity contribution in [1.29, 1.82) is 0 Å². The molecular formula is C16H22N2O4. The predicted molar refractivity (Wildman–Crippen MR) is 81.5 cm³/mol. The van der Waals surface area contributed by atoms with Gasteiger partial charge in [-0.15, -0.1) is 0 Å². The Balaban J connectivity index is 1.79. The van der Waals surface area contributed by atoms with Gasteiger partial charge in [0.15, 0.2) is 0 Å². The van der Waals surface area contributed by atoms with Crippen LogP contribution in [0.4, 0.5) is 4.79 Å². The van der Waals surface area contributed by atoms with E-state index in [2.05, 4.69) is 10.2 Å². The monoisotopic (exact) mass is 306 g/mol. The maximum atomic E-state index is 11.8. The number of carbonyl (C=O) groups excluding carboxylic acids is 1. The molecule has 0 spiro atoms. The summed E-state index contributed by atoms with van der Waals surface area (Å²) in [7, 11) is 0. The molecule has 1 aliphatic heterocycles. The molecule has 0 aliphatic carbocycles. The van der Waals surface area contributed by atoms with Gasteiger partial charge >= 0.3 is 12.1 Å². The zero-order valence-electron chi connectivity index (χ0n) is 12.5. The number of piperidine rings is 1. The molecule has 1 amide bonds. The molecule has 0 aromatic heterocycles. The molecule has 1 heterocycles. The van der Waals surface area contributed by atoms with Gasteiger partial charge in [0.25, 0.3) is 0 Å². The summed E-state index contributed by atoms with van der Waals surface area (Å²) in [6.07, 6.45) is 2.63. The molecule has 1 atom stereocenters. The number of likely N-dealkylation sites (tertiary alicyclic amines) is 1. The van der Waals surface area contributed by atoms with Gasteiger partial charge < -0.3 is 20.1 Å². The van der Waals surface area contributed by atoms with Gasteiger partial charge in [0.05, 0.1) is 0 Å². The smallest absolute Gasteiger partial charge is 0.408 e. The fourth-order valence-corrected chi connectivity index (χ4v) is 2.49. The van der Waals surface area contributed by atoms with E-state index in [1.165, 1.54) is 6.42 Å². The minimum atomic E-state index is -1.04. The molecule has 2 N–H and O–H groups in total. The Hall–Kier alpha value is -2.08. The Bertz CT molecular complexity index is 486. The topological polar surface area (TPSA) is 78.9 Å². The molecule has 1 aliphatic rings. The number of aliphatic carboxylic acids is 1. The number of amides is 1. The van der Waals surface area contributed by atoms with E-state index in [4.69, 9.17) is 4.74 Å². The zero-order valence-corrected chi connectivity index (χ0v) is 12.5. The number of alkyl carbamates (subject to hydrolysis) is 1. The van der Waals surface area contributed by atoms with E-state index in [1.54, 1.807) is 0 Å². The largest absolute Gasteiger partial charge is 0.480 e. The summed E-state index contributed by atoms with van der Waals surface area (Å²) in [5.41, 5.74) is 0.862. The van der Waals surface area contributed by atoms with Crippen molar-refractivity contribution >= 4 is 12.1 Å². The van der Waals surface area contributed by atoms with E-state index < -0.39 is 18.1 Å². The lowest BCUT2D eigenvalue weighted by Crippen LogP contribution is -2.49. The molecule has 1 fully saturated rings. The first kappa shape index (κ1) is 16.3. The SMILES string of the molecule is O=C(NC(CN1CCCCC1)C(=O)O)OCc1ccccc1. The highest BCUT2D eigenvalue weighted by molar-refractivity contribution is 5.80. The summed E-state index contributed by atoms with van der Waals surface area (Å²) in [5, 5.41) is 11.7. The van der Waals surface area contributed by atoms with Crippen LogP contribution < -0.4 is 5.32 Å². The molecule has 6 nitrogen and oxygen atoms in total. The van der Waals surface area contributed by atoms with E-state index in [9.17, 15) is 14.7 Å². The summed E-state index contributed by atoms with van der Waals surface area (Å²) in [6, 6.07) is 8.33. The van der Waals surface area contributed by atoms with Crippen LogP contribution in [-0.2, 0) is 16.1 Å². The number of nitrogens with zero attached hydrogens (tertiary/aromatic N) is 1.